The number of nitriles is 1. The number of fused-ring (bicyclic) bond motifs is 1. The largest absolute Gasteiger partial charge is 0.489 e. The molecular formula is C35H26BrClN2O3. The molecule has 0 fully saturated rings. The molecule has 0 saturated heterocycles. The molecule has 0 aliphatic carbocycles. The van der Waals surface area contributed by atoms with E-state index in [-0.39, 0.29) is 5.57 Å². The van der Waals surface area contributed by atoms with Gasteiger partial charge in [-0.1, -0.05) is 72.3 Å². The second-order valence-electron chi connectivity index (χ2n) is 9.59. The summed E-state index contributed by atoms with van der Waals surface area (Å²) in [5, 5.41) is 15.4. The van der Waals surface area contributed by atoms with Crippen LogP contribution in [0.3, 0.4) is 0 Å². The smallest absolute Gasteiger partial charge is 0.266 e. The number of ether oxygens (including phenoxy) is 2. The van der Waals surface area contributed by atoms with Crippen molar-refractivity contribution in [3.63, 3.8) is 0 Å². The molecule has 0 aromatic heterocycles. The second-order valence-corrected chi connectivity index (χ2v) is 10.9. The van der Waals surface area contributed by atoms with Crippen LogP contribution in [0, 0.1) is 18.3 Å². The highest BCUT2D eigenvalue weighted by Crippen LogP contribution is 2.30. The Bertz CT molecular complexity index is 1830. The molecular weight excluding hydrogens is 612 g/mol. The monoisotopic (exact) mass is 636 g/mol. The molecule has 208 valence electrons. The first-order valence-electron chi connectivity index (χ1n) is 13.2. The van der Waals surface area contributed by atoms with Crippen molar-refractivity contribution in [2.75, 3.05) is 5.32 Å². The third kappa shape index (κ3) is 7.01. The molecule has 0 heterocycles. The summed E-state index contributed by atoms with van der Waals surface area (Å²) in [7, 11) is 0. The topological polar surface area (TPSA) is 71.3 Å². The maximum absolute atomic E-state index is 12.8. The number of benzene rings is 5. The van der Waals surface area contributed by atoms with Gasteiger partial charge in [0.1, 0.15) is 36.4 Å². The molecule has 0 unspecified atom stereocenters. The minimum atomic E-state index is -0.509. The molecule has 0 radical (unpaired) electrons. The van der Waals surface area contributed by atoms with Crippen LogP contribution in [-0.4, -0.2) is 5.91 Å². The van der Waals surface area contributed by atoms with Gasteiger partial charge in [-0.3, -0.25) is 4.79 Å². The number of carbonyl (C=O) groups is 1. The Hall–Kier alpha value is -4.57. The van der Waals surface area contributed by atoms with Gasteiger partial charge in [0, 0.05) is 21.8 Å². The summed E-state index contributed by atoms with van der Waals surface area (Å²) in [4.78, 5) is 12.8. The van der Waals surface area contributed by atoms with Gasteiger partial charge in [-0.15, -0.1) is 0 Å². The van der Waals surface area contributed by atoms with Crippen molar-refractivity contribution in [3.8, 4) is 17.6 Å². The second kappa shape index (κ2) is 13.4. The van der Waals surface area contributed by atoms with Crippen molar-refractivity contribution in [2.24, 2.45) is 0 Å². The van der Waals surface area contributed by atoms with Crippen molar-refractivity contribution >= 4 is 56.0 Å². The molecule has 42 heavy (non-hydrogen) atoms. The lowest BCUT2D eigenvalue weighted by atomic mass is 10.0. The Labute approximate surface area is 258 Å². The highest BCUT2D eigenvalue weighted by Gasteiger charge is 2.12. The van der Waals surface area contributed by atoms with Gasteiger partial charge in [-0.05, 0) is 93.3 Å². The van der Waals surface area contributed by atoms with E-state index in [1.807, 2.05) is 60.7 Å². The van der Waals surface area contributed by atoms with Gasteiger partial charge in [0.25, 0.3) is 5.91 Å². The number of nitrogens with zero attached hydrogens (tertiary/aromatic N) is 1. The molecule has 0 saturated carbocycles. The Morgan fingerprint density at radius 3 is 2.45 bits per heavy atom. The van der Waals surface area contributed by atoms with Crippen LogP contribution >= 0.6 is 27.5 Å². The predicted molar refractivity (Wildman–Crippen MR) is 172 cm³/mol. The molecule has 0 bridgehead atoms. The quantitative estimate of drug-likeness (QED) is 0.129. The maximum Gasteiger partial charge on any atom is 0.266 e. The molecule has 0 aliphatic rings. The van der Waals surface area contributed by atoms with E-state index in [1.165, 1.54) is 5.39 Å². The molecule has 5 aromatic rings. The van der Waals surface area contributed by atoms with Gasteiger partial charge < -0.3 is 14.8 Å². The normalized spacial score (nSPS) is 11.1. The Morgan fingerprint density at radius 1 is 0.929 bits per heavy atom. The molecule has 1 N–H and O–H groups in total. The molecule has 0 aliphatic heterocycles. The standard InChI is InChI=1S/C35H26BrClN2O3/c1-23-10-12-25-6-2-4-8-30(25)31(23)22-42-34-17-11-24(19-32(34)36)18-27(20-38)35(40)39-28-13-15-29(16-14-28)41-21-26-7-3-5-9-33(26)37/h2-19H,21-22H2,1H3,(H,39,40)/b27-18+. The number of hydrogen-bond donors (Lipinski definition) is 1. The Morgan fingerprint density at radius 2 is 1.69 bits per heavy atom. The Balaban J connectivity index is 1.22. The SMILES string of the molecule is Cc1ccc2ccccc2c1COc1ccc(/C=C(\C#N)C(=O)Nc2ccc(OCc3ccccc3Cl)cc2)cc1Br. The van der Waals surface area contributed by atoms with Crippen molar-refractivity contribution < 1.29 is 14.3 Å². The number of halogens is 2. The van der Waals surface area contributed by atoms with E-state index >= 15 is 0 Å². The van der Waals surface area contributed by atoms with Gasteiger partial charge in [0.15, 0.2) is 0 Å². The van der Waals surface area contributed by atoms with Crippen molar-refractivity contribution in [1.82, 2.24) is 0 Å². The first-order valence-corrected chi connectivity index (χ1v) is 14.4. The predicted octanol–water partition coefficient (Wildman–Crippen LogP) is 9.27. The fraction of sp³-hybridized carbons (Fsp3) is 0.0857. The van der Waals surface area contributed by atoms with Crippen LogP contribution in [0.2, 0.25) is 5.02 Å². The third-order valence-corrected chi connectivity index (χ3v) is 7.73. The van der Waals surface area contributed by atoms with Crippen LogP contribution in [0.4, 0.5) is 5.69 Å². The molecule has 0 atom stereocenters. The van der Waals surface area contributed by atoms with Gasteiger partial charge in [-0.25, -0.2) is 0 Å². The number of rotatable bonds is 9. The number of aryl methyl sites for hydroxylation is 1. The van der Waals surface area contributed by atoms with Gasteiger partial charge >= 0.3 is 0 Å². The fourth-order valence-electron chi connectivity index (χ4n) is 4.44. The van der Waals surface area contributed by atoms with E-state index in [0.29, 0.717) is 41.0 Å². The van der Waals surface area contributed by atoms with E-state index in [0.717, 1.165) is 26.5 Å². The first-order chi connectivity index (χ1) is 20.4. The zero-order chi connectivity index (χ0) is 29.5. The molecule has 5 aromatic carbocycles. The average molecular weight is 638 g/mol. The lowest BCUT2D eigenvalue weighted by Gasteiger charge is -2.13. The minimum absolute atomic E-state index is 0.0269. The average Bonchev–Trinajstić information content (AvgIpc) is 3.00. The highest BCUT2D eigenvalue weighted by atomic mass is 79.9. The first kappa shape index (κ1) is 28.9. The lowest BCUT2D eigenvalue weighted by molar-refractivity contribution is -0.112. The number of carbonyl (C=O) groups excluding carboxylic acids is 1. The molecule has 5 rings (SSSR count). The molecule has 7 heteroatoms. The summed E-state index contributed by atoms with van der Waals surface area (Å²) in [5.41, 5.74) is 4.37. The minimum Gasteiger partial charge on any atom is -0.489 e. The molecule has 1 amide bonds. The number of amides is 1. The zero-order valence-corrected chi connectivity index (χ0v) is 25.1. The van der Waals surface area contributed by atoms with Crippen LogP contribution in [0.15, 0.2) is 113 Å². The third-order valence-electron chi connectivity index (χ3n) is 6.74. The highest BCUT2D eigenvalue weighted by molar-refractivity contribution is 9.10. The van der Waals surface area contributed by atoms with E-state index in [1.54, 1.807) is 30.3 Å². The van der Waals surface area contributed by atoms with Crippen LogP contribution in [0.25, 0.3) is 16.8 Å². The summed E-state index contributed by atoms with van der Waals surface area (Å²) in [6.07, 6.45) is 1.54. The van der Waals surface area contributed by atoms with E-state index in [9.17, 15) is 10.1 Å². The van der Waals surface area contributed by atoms with Crippen LogP contribution in [0.1, 0.15) is 22.3 Å². The number of nitrogens with one attached hydrogen (secondary N) is 1. The molecule has 0 spiro atoms. The van der Waals surface area contributed by atoms with Crippen molar-refractivity contribution in [1.29, 1.82) is 5.26 Å². The number of anilines is 1. The number of hydrogen-bond acceptors (Lipinski definition) is 4. The summed E-state index contributed by atoms with van der Waals surface area (Å²) in [5.74, 6) is 0.788. The van der Waals surface area contributed by atoms with E-state index in [2.05, 4.69) is 52.4 Å². The van der Waals surface area contributed by atoms with Crippen LogP contribution < -0.4 is 14.8 Å². The summed E-state index contributed by atoms with van der Waals surface area (Å²) in [6.45, 7) is 2.82. The van der Waals surface area contributed by atoms with Crippen LogP contribution in [0.5, 0.6) is 11.5 Å². The zero-order valence-electron chi connectivity index (χ0n) is 22.7. The summed E-state index contributed by atoms with van der Waals surface area (Å²) in [6, 6.07) is 34.3. The van der Waals surface area contributed by atoms with Crippen LogP contribution in [-0.2, 0) is 18.0 Å². The van der Waals surface area contributed by atoms with E-state index in [4.69, 9.17) is 21.1 Å². The van der Waals surface area contributed by atoms with Gasteiger partial charge in [-0.2, -0.15) is 5.26 Å². The lowest BCUT2D eigenvalue weighted by Crippen LogP contribution is -2.13. The van der Waals surface area contributed by atoms with Crippen molar-refractivity contribution in [2.45, 2.75) is 20.1 Å². The Kier molecular flexibility index (Phi) is 9.23. The summed E-state index contributed by atoms with van der Waals surface area (Å²) < 4.78 is 12.7. The molecule has 5 nitrogen and oxygen atoms in total. The van der Waals surface area contributed by atoms with Crippen molar-refractivity contribution in [3.05, 3.63) is 140 Å². The fourth-order valence-corrected chi connectivity index (χ4v) is 5.14. The summed E-state index contributed by atoms with van der Waals surface area (Å²) >= 11 is 9.76. The van der Waals surface area contributed by atoms with Gasteiger partial charge in [0.2, 0.25) is 0 Å². The van der Waals surface area contributed by atoms with Gasteiger partial charge in [0.05, 0.1) is 4.47 Å². The maximum atomic E-state index is 12.8. The van der Waals surface area contributed by atoms with E-state index < -0.39 is 5.91 Å².